The molecule has 0 aliphatic heterocycles. The molecule has 0 amide bonds. The Hall–Kier alpha value is -3.16. The molecule has 0 unspecified atom stereocenters. The van der Waals surface area contributed by atoms with Crippen LogP contribution in [0.3, 0.4) is 0 Å². The van der Waals surface area contributed by atoms with Gasteiger partial charge in [0.1, 0.15) is 17.9 Å². The van der Waals surface area contributed by atoms with Crippen LogP contribution in [0.25, 0.3) is 5.70 Å². The van der Waals surface area contributed by atoms with Crippen LogP contribution in [0.5, 0.6) is 5.75 Å². The molecule has 0 bridgehead atoms. The number of nitrogens with two attached hydrogens (primary N) is 1. The summed E-state index contributed by atoms with van der Waals surface area (Å²) in [6.07, 6.45) is 13.6. The predicted molar refractivity (Wildman–Crippen MR) is 141 cm³/mol. The summed E-state index contributed by atoms with van der Waals surface area (Å²) in [7, 11) is 3.14. The van der Waals surface area contributed by atoms with Crippen LogP contribution in [0.1, 0.15) is 36.5 Å². The van der Waals surface area contributed by atoms with Gasteiger partial charge in [0.05, 0.1) is 12.8 Å². The number of aromatic nitrogens is 1. The van der Waals surface area contributed by atoms with Gasteiger partial charge in [-0.1, -0.05) is 25.5 Å². The van der Waals surface area contributed by atoms with Crippen LogP contribution in [-0.2, 0) is 4.79 Å². The van der Waals surface area contributed by atoms with Gasteiger partial charge in [0.25, 0.3) is 0 Å². The fraction of sp³-hybridized carbons (Fsp3) is 0.269. The summed E-state index contributed by atoms with van der Waals surface area (Å²) in [6.45, 7) is 4.15. The molecule has 0 spiro atoms. The Labute approximate surface area is 201 Å². The van der Waals surface area contributed by atoms with Crippen molar-refractivity contribution in [2.24, 2.45) is 10.7 Å². The van der Waals surface area contributed by atoms with E-state index in [4.69, 9.17) is 9.73 Å². The van der Waals surface area contributed by atoms with E-state index in [2.05, 4.69) is 29.0 Å². The van der Waals surface area contributed by atoms with Crippen LogP contribution in [-0.4, -0.2) is 37.5 Å². The van der Waals surface area contributed by atoms with Gasteiger partial charge in [-0.05, 0) is 68.0 Å². The lowest BCUT2D eigenvalue weighted by Crippen LogP contribution is -2.24. The first-order valence-corrected chi connectivity index (χ1v) is 12.0. The number of methoxy groups -OCH3 is 1. The molecule has 1 aromatic heterocycles. The highest BCUT2D eigenvalue weighted by atomic mass is 32.2. The van der Waals surface area contributed by atoms with Crippen LogP contribution in [0.4, 0.5) is 0 Å². The van der Waals surface area contributed by atoms with Gasteiger partial charge in [0.15, 0.2) is 0 Å². The third-order valence-electron chi connectivity index (χ3n) is 4.41. The first-order valence-electron chi connectivity index (χ1n) is 10.7. The number of rotatable bonds is 10. The number of ether oxygens (including phenoxy) is 1. The number of hydrogen-bond donors (Lipinski definition) is 2. The fourth-order valence-corrected chi connectivity index (χ4v) is 3.06. The number of unbranched alkanes of at least 4 members (excludes halogenated alkanes) is 1. The molecular formula is C26H34N4O2S. The van der Waals surface area contributed by atoms with E-state index in [1.165, 1.54) is 13.1 Å². The van der Waals surface area contributed by atoms with E-state index >= 15 is 0 Å². The molecule has 0 saturated heterocycles. The second-order valence-electron chi connectivity index (χ2n) is 6.68. The molecular weight excluding hydrogens is 432 g/mol. The molecule has 6 nitrogen and oxygen atoms in total. The van der Waals surface area contributed by atoms with E-state index in [1.807, 2.05) is 55.0 Å². The van der Waals surface area contributed by atoms with Crippen LogP contribution >= 0.6 is 11.8 Å². The van der Waals surface area contributed by atoms with Gasteiger partial charge < -0.3 is 15.8 Å². The summed E-state index contributed by atoms with van der Waals surface area (Å²) < 4.78 is 5.44. The standard InChI is InChI=1S/C25H29N3O2S.CH5N/c1-5-6-9-24(20-8-7-14-26-18-20)28-25(27-21(12-15-29)13-16-31-4)23-17-22(30-3)11-10-19(23)2;1-2/h7-18H,5-6H2,1-4H3,(H,27,28);2H2,1H3/b16-13-,21-12-,24-9+;. The van der Waals surface area contributed by atoms with Crippen LogP contribution in [0, 0.1) is 6.92 Å². The number of carbonyl (C=O) groups excluding carboxylic acids is 1. The molecule has 0 fully saturated rings. The van der Waals surface area contributed by atoms with E-state index < -0.39 is 0 Å². The largest absolute Gasteiger partial charge is 0.497 e. The molecule has 0 atom stereocenters. The van der Waals surface area contributed by atoms with Crippen molar-refractivity contribution < 1.29 is 9.53 Å². The van der Waals surface area contributed by atoms with Gasteiger partial charge in [-0.25, -0.2) is 4.99 Å². The maximum absolute atomic E-state index is 11.2. The summed E-state index contributed by atoms with van der Waals surface area (Å²) >= 11 is 1.55. The second-order valence-corrected chi connectivity index (χ2v) is 7.43. The number of thioether (sulfide) groups is 1. The van der Waals surface area contributed by atoms with Crippen molar-refractivity contribution in [1.82, 2.24) is 10.3 Å². The number of aldehydes is 1. The number of carbonyl (C=O) groups is 1. The van der Waals surface area contributed by atoms with Crippen LogP contribution in [0.2, 0.25) is 0 Å². The summed E-state index contributed by atoms with van der Waals surface area (Å²) in [5, 5.41) is 5.25. The molecule has 176 valence electrons. The minimum Gasteiger partial charge on any atom is -0.497 e. The number of hydrogen-bond acceptors (Lipinski definition) is 6. The molecule has 1 heterocycles. The van der Waals surface area contributed by atoms with E-state index in [0.29, 0.717) is 11.5 Å². The zero-order valence-corrected chi connectivity index (χ0v) is 20.9. The molecule has 7 heteroatoms. The molecule has 2 rings (SSSR count). The average Bonchev–Trinajstić information content (AvgIpc) is 2.86. The lowest BCUT2D eigenvalue weighted by atomic mass is 10.1. The van der Waals surface area contributed by atoms with E-state index in [1.54, 1.807) is 31.3 Å². The molecule has 33 heavy (non-hydrogen) atoms. The van der Waals surface area contributed by atoms with Crippen molar-refractivity contribution in [2.45, 2.75) is 26.7 Å². The number of nitrogens with one attached hydrogen (secondary N) is 1. The van der Waals surface area contributed by atoms with Crippen molar-refractivity contribution in [3.05, 3.63) is 88.7 Å². The zero-order chi connectivity index (χ0) is 24.5. The molecule has 0 aliphatic rings. The van der Waals surface area contributed by atoms with Crippen molar-refractivity contribution >= 4 is 29.6 Å². The second kappa shape index (κ2) is 16.5. The lowest BCUT2D eigenvalue weighted by Gasteiger charge is -2.15. The monoisotopic (exact) mass is 466 g/mol. The molecule has 3 N–H and O–H groups in total. The summed E-state index contributed by atoms with van der Waals surface area (Å²) in [5.41, 5.74) is 8.81. The van der Waals surface area contributed by atoms with Crippen LogP contribution < -0.4 is 15.8 Å². The summed E-state index contributed by atoms with van der Waals surface area (Å²) in [4.78, 5) is 20.5. The van der Waals surface area contributed by atoms with Gasteiger partial charge in [-0.15, -0.1) is 11.8 Å². The minimum atomic E-state index is 0.626. The normalized spacial score (nSPS) is 12.2. The first kappa shape index (κ1) is 27.9. The highest BCUT2D eigenvalue weighted by Gasteiger charge is 2.12. The molecule has 0 saturated carbocycles. The first-order chi connectivity index (χ1) is 16.1. The Morgan fingerprint density at radius 2 is 2.09 bits per heavy atom. The van der Waals surface area contributed by atoms with Crippen molar-refractivity contribution in [3.8, 4) is 5.75 Å². The lowest BCUT2D eigenvalue weighted by molar-refractivity contribution is -0.104. The summed E-state index contributed by atoms with van der Waals surface area (Å²) in [6, 6.07) is 9.74. The van der Waals surface area contributed by atoms with Gasteiger partial charge in [0, 0.05) is 35.3 Å². The smallest absolute Gasteiger partial charge is 0.144 e. The SMILES string of the molecule is CCC/C=C(/N=C(NC(/C=C\SC)=C\C=O)c1cc(OC)ccc1C)c1cccnc1.CN. The highest BCUT2D eigenvalue weighted by Crippen LogP contribution is 2.22. The van der Waals surface area contributed by atoms with Gasteiger partial charge in [-0.2, -0.15) is 0 Å². The third-order valence-corrected chi connectivity index (χ3v) is 4.82. The van der Waals surface area contributed by atoms with Crippen LogP contribution in [0.15, 0.2) is 77.1 Å². The fourth-order valence-electron chi connectivity index (χ4n) is 2.77. The Bertz CT molecular complexity index is 983. The minimum absolute atomic E-state index is 0.626. The molecule has 0 aliphatic carbocycles. The number of pyridine rings is 1. The zero-order valence-electron chi connectivity index (χ0n) is 20.0. The Morgan fingerprint density at radius 3 is 2.70 bits per heavy atom. The van der Waals surface area contributed by atoms with Crippen molar-refractivity contribution in [1.29, 1.82) is 0 Å². The molecule has 1 aromatic carbocycles. The number of aryl methyl sites for hydroxylation is 1. The molecule has 2 aromatic rings. The Kier molecular flexibility index (Phi) is 13.9. The molecule has 0 radical (unpaired) electrons. The third kappa shape index (κ3) is 9.47. The average molecular weight is 467 g/mol. The Morgan fingerprint density at radius 1 is 1.30 bits per heavy atom. The van der Waals surface area contributed by atoms with Gasteiger partial charge in [0.2, 0.25) is 0 Å². The number of nitrogens with zero attached hydrogens (tertiary/aromatic N) is 2. The number of amidine groups is 1. The summed E-state index contributed by atoms with van der Waals surface area (Å²) in [5.74, 6) is 1.36. The van der Waals surface area contributed by atoms with Gasteiger partial charge in [-0.3, -0.25) is 9.78 Å². The topological polar surface area (TPSA) is 89.6 Å². The van der Waals surface area contributed by atoms with E-state index in [9.17, 15) is 4.79 Å². The number of allylic oxidation sites excluding steroid dienone is 3. The van der Waals surface area contributed by atoms with Gasteiger partial charge >= 0.3 is 0 Å². The highest BCUT2D eigenvalue weighted by molar-refractivity contribution is 8.01. The number of benzene rings is 1. The van der Waals surface area contributed by atoms with Crippen molar-refractivity contribution in [3.63, 3.8) is 0 Å². The van der Waals surface area contributed by atoms with E-state index in [0.717, 1.165) is 47.3 Å². The maximum atomic E-state index is 11.2. The van der Waals surface area contributed by atoms with Crippen molar-refractivity contribution in [2.75, 3.05) is 20.4 Å². The van der Waals surface area contributed by atoms with E-state index in [-0.39, 0.29) is 0 Å². The predicted octanol–water partition coefficient (Wildman–Crippen LogP) is 5.11. The Balaban J connectivity index is 0.00000265. The number of aliphatic imine (C=N–C) groups is 1. The maximum Gasteiger partial charge on any atom is 0.144 e. The quantitative estimate of drug-likeness (QED) is 0.166.